The van der Waals surface area contributed by atoms with Crippen LogP contribution in [0.5, 0.6) is 5.75 Å². The van der Waals surface area contributed by atoms with Gasteiger partial charge in [0.1, 0.15) is 5.75 Å². The number of benzene rings is 2. The van der Waals surface area contributed by atoms with Crippen molar-refractivity contribution in [2.45, 2.75) is 19.9 Å². The summed E-state index contributed by atoms with van der Waals surface area (Å²) in [6.07, 6.45) is 2.54. The largest absolute Gasteiger partial charge is 0.484 e. The van der Waals surface area contributed by atoms with Crippen LogP contribution in [0.15, 0.2) is 79.0 Å². The normalized spacial score (nSPS) is 10.4. The zero-order chi connectivity index (χ0) is 18.9. The number of carbonyl (C=O) groups excluding carboxylic acids is 1. The van der Waals surface area contributed by atoms with E-state index in [2.05, 4.69) is 17.1 Å². The van der Waals surface area contributed by atoms with E-state index in [1.807, 2.05) is 72.5 Å². The van der Waals surface area contributed by atoms with Crippen LogP contribution in [0.4, 0.5) is 0 Å². The van der Waals surface area contributed by atoms with Gasteiger partial charge in [-0.1, -0.05) is 48.5 Å². The van der Waals surface area contributed by atoms with Crippen molar-refractivity contribution in [3.05, 3.63) is 95.8 Å². The van der Waals surface area contributed by atoms with E-state index in [9.17, 15) is 4.79 Å². The average Bonchev–Trinajstić information content (AvgIpc) is 2.71. The number of carbonyl (C=O) groups is 1. The van der Waals surface area contributed by atoms with E-state index in [0.29, 0.717) is 18.8 Å². The van der Waals surface area contributed by atoms with Gasteiger partial charge < -0.3 is 9.64 Å². The number of aryl methyl sites for hydroxylation is 1. The third-order valence-corrected chi connectivity index (χ3v) is 4.30. The summed E-state index contributed by atoms with van der Waals surface area (Å²) in [7, 11) is 0. The molecule has 1 heterocycles. The van der Waals surface area contributed by atoms with Gasteiger partial charge in [0.25, 0.3) is 5.91 Å². The lowest BCUT2D eigenvalue weighted by Crippen LogP contribution is -2.36. The van der Waals surface area contributed by atoms with Gasteiger partial charge in [0.2, 0.25) is 0 Å². The maximum atomic E-state index is 12.8. The van der Waals surface area contributed by atoms with Crippen LogP contribution >= 0.6 is 0 Å². The minimum atomic E-state index is -0.0434. The summed E-state index contributed by atoms with van der Waals surface area (Å²) in [5, 5.41) is 0. The second kappa shape index (κ2) is 9.53. The summed E-state index contributed by atoms with van der Waals surface area (Å²) in [6, 6.07) is 23.7. The molecule has 0 bridgehead atoms. The van der Waals surface area contributed by atoms with E-state index in [-0.39, 0.29) is 12.5 Å². The van der Waals surface area contributed by atoms with Crippen LogP contribution in [0.1, 0.15) is 16.8 Å². The first-order valence-electron chi connectivity index (χ1n) is 9.12. The van der Waals surface area contributed by atoms with Gasteiger partial charge in [-0.05, 0) is 48.7 Å². The molecule has 0 aliphatic carbocycles. The second-order valence-corrected chi connectivity index (χ2v) is 6.48. The molecule has 4 nitrogen and oxygen atoms in total. The predicted octanol–water partition coefficient (Wildman–Crippen LogP) is 4.04. The number of rotatable bonds is 8. The summed E-state index contributed by atoms with van der Waals surface area (Å²) in [5.74, 6) is 0.669. The Morgan fingerprint density at radius 3 is 2.56 bits per heavy atom. The smallest absolute Gasteiger partial charge is 0.260 e. The minimum Gasteiger partial charge on any atom is -0.484 e. The molecular formula is C23H24N2O2. The van der Waals surface area contributed by atoms with Gasteiger partial charge in [0, 0.05) is 12.7 Å². The lowest BCUT2D eigenvalue weighted by atomic mass is 10.1. The molecule has 0 aliphatic rings. The van der Waals surface area contributed by atoms with Gasteiger partial charge in [-0.3, -0.25) is 9.78 Å². The van der Waals surface area contributed by atoms with Crippen LogP contribution < -0.4 is 4.74 Å². The molecule has 0 spiro atoms. The quantitative estimate of drug-likeness (QED) is 0.609. The Morgan fingerprint density at radius 1 is 1.00 bits per heavy atom. The van der Waals surface area contributed by atoms with Gasteiger partial charge >= 0.3 is 0 Å². The Morgan fingerprint density at radius 2 is 1.81 bits per heavy atom. The topological polar surface area (TPSA) is 42.4 Å². The maximum absolute atomic E-state index is 12.8. The molecule has 0 aliphatic heterocycles. The molecule has 3 rings (SSSR count). The van der Waals surface area contributed by atoms with E-state index in [0.717, 1.165) is 17.7 Å². The number of hydrogen-bond acceptors (Lipinski definition) is 3. The van der Waals surface area contributed by atoms with E-state index in [1.165, 1.54) is 5.56 Å². The fraction of sp³-hybridized carbons (Fsp3) is 0.217. The summed E-state index contributed by atoms with van der Waals surface area (Å²) >= 11 is 0. The highest BCUT2D eigenvalue weighted by Crippen LogP contribution is 2.13. The SMILES string of the molecule is Cc1cccc(OCC(=O)N(CCc2ccccc2)Cc2ccccn2)c1. The summed E-state index contributed by atoms with van der Waals surface area (Å²) < 4.78 is 5.71. The van der Waals surface area contributed by atoms with Crippen molar-refractivity contribution in [3.8, 4) is 5.75 Å². The Kier molecular flexibility index (Phi) is 6.58. The van der Waals surface area contributed by atoms with Gasteiger partial charge in [0.15, 0.2) is 6.61 Å². The molecular weight excluding hydrogens is 336 g/mol. The molecule has 3 aromatic rings. The Balaban J connectivity index is 1.64. The average molecular weight is 360 g/mol. The van der Waals surface area contributed by atoms with Crippen LogP contribution in [-0.4, -0.2) is 28.9 Å². The van der Waals surface area contributed by atoms with Crippen molar-refractivity contribution in [2.24, 2.45) is 0 Å². The molecule has 4 heteroatoms. The molecule has 0 atom stereocenters. The van der Waals surface area contributed by atoms with Gasteiger partial charge in [-0.15, -0.1) is 0 Å². The highest BCUT2D eigenvalue weighted by molar-refractivity contribution is 5.77. The number of amides is 1. The van der Waals surface area contributed by atoms with Crippen LogP contribution in [0.2, 0.25) is 0 Å². The van der Waals surface area contributed by atoms with Gasteiger partial charge in [-0.2, -0.15) is 0 Å². The first-order valence-corrected chi connectivity index (χ1v) is 9.12. The van der Waals surface area contributed by atoms with E-state index < -0.39 is 0 Å². The molecule has 0 radical (unpaired) electrons. The molecule has 0 saturated heterocycles. The van der Waals surface area contributed by atoms with Crippen molar-refractivity contribution >= 4 is 5.91 Å². The zero-order valence-corrected chi connectivity index (χ0v) is 15.5. The lowest BCUT2D eigenvalue weighted by molar-refractivity contribution is -0.134. The molecule has 138 valence electrons. The van der Waals surface area contributed by atoms with Gasteiger partial charge in [-0.25, -0.2) is 0 Å². The summed E-state index contributed by atoms with van der Waals surface area (Å²) in [6.45, 7) is 3.12. The molecule has 1 amide bonds. The minimum absolute atomic E-state index is 0.0189. The Bertz CT molecular complexity index is 851. The van der Waals surface area contributed by atoms with Crippen LogP contribution in [0.3, 0.4) is 0 Å². The number of hydrogen-bond donors (Lipinski definition) is 0. The first-order chi connectivity index (χ1) is 13.2. The van der Waals surface area contributed by atoms with Gasteiger partial charge in [0.05, 0.1) is 12.2 Å². The summed E-state index contributed by atoms with van der Waals surface area (Å²) in [4.78, 5) is 19.0. The van der Waals surface area contributed by atoms with Crippen LogP contribution in [0, 0.1) is 6.92 Å². The first kappa shape index (κ1) is 18.6. The number of ether oxygens (including phenoxy) is 1. The molecule has 0 fully saturated rings. The maximum Gasteiger partial charge on any atom is 0.260 e. The molecule has 0 saturated carbocycles. The van der Waals surface area contributed by atoms with Crippen molar-refractivity contribution in [3.63, 3.8) is 0 Å². The summed E-state index contributed by atoms with van der Waals surface area (Å²) in [5.41, 5.74) is 3.18. The Labute approximate surface area is 160 Å². The monoisotopic (exact) mass is 360 g/mol. The third-order valence-electron chi connectivity index (χ3n) is 4.30. The number of pyridine rings is 1. The highest BCUT2D eigenvalue weighted by atomic mass is 16.5. The fourth-order valence-electron chi connectivity index (χ4n) is 2.83. The van der Waals surface area contributed by atoms with Crippen molar-refractivity contribution in [1.82, 2.24) is 9.88 Å². The van der Waals surface area contributed by atoms with Crippen LogP contribution in [0.25, 0.3) is 0 Å². The standard InChI is InChI=1S/C23H24N2O2/c1-19-8-7-12-22(16-19)27-18-23(26)25(17-21-11-5-6-14-24-21)15-13-20-9-3-2-4-10-20/h2-12,14,16H,13,15,17-18H2,1H3. The fourth-order valence-corrected chi connectivity index (χ4v) is 2.83. The number of aromatic nitrogens is 1. The van der Waals surface area contributed by atoms with Crippen molar-refractivity contribution in [1.29, 1.82) is 0 Å². The molecule has 2 aromatic carbocycles. The number of nitrogens with zero attached hydrogens (tertiary/aromatic N) is 2. The van der Waals surface area contributed by atoms with Crippen molar-refractivity contribution in [2.75, 3.05) is 13.2 Å². The van der Waals surface area contributed by atoms with Crippen LogP contribution in [-0.2, 0) is 17.8 Å². The third kappa shape index (κ3) is 5.96. The van der Waals surface area contributed by atoms with E-state index in [1.54, 1.807) is 6.20 Å². The highest BCUT2D eigenvalue weighted by Gasteiger charge is 2.15. The van der Waals surface area contributed by atoms with Crippen molar-refractivity contribution < 1.29 is 9.53 Å². The zero-order valence-electron chi connectivity index (χ0n) is 15.5. The second-order valence-electron chi connectivity index (χ2n) is 6.48. The molecule has 1 aromatic heterocycles. The Hall–Kier alpha value is -3.14. The van der Waals surface area contributed by atoms with E-state index >= 15 is 0 Å². The lowest BCUT2D eigenvalue weighted by Gasteiger charge is -2.22. The predicted molar refractivity (Wildman–Crippen MR) is 106 cm³/mol. The van der Waals surface area contributed by atoms with E-state index in [4.69, 9.17) is 4.74 Å². The molecule has 27 heavy (non-hydrogen) atoms. The molecule has 0 N–H and O–H groups in total. The molecule has 0 unspecified atom stereocenters.